The summed E-state index contributed by atoms with van der Waals surface area (Å²) in [6.45, 7) is 0. The molecule has 0 aliphatic carbocycles. The van der Waals surface area contributed by atoms with Gasteiger partial charge in [0.15, 0.2) is 0 Å². The Labute approximate surface area is 158 Å². The largest absolute Gasteiger partial charge is 0.464 e. The van der Waals surface area contributed by atoms with Crippen LogP contribution in [-0.2, 0) is 0 Å². The average molecular weight is 413 g/mol. The number of hydrazone groups is 1. The predicted octanol–water partition coefficient (Wildman–Crippen LogP) is 5.42. The molecule has 130 valence electrons. The van der Waals surface area contributed by atoms with Crippen molar-refractivity contribution >= 4 is 21.6 Å². The first-order valence-corrected chi connectivity index (χ1v) is 9.09. The molecule has 0 saturated heterocycles. The van der Waals surface area contributed by atoms with Gasteiger partial charge in [-0.3, -0.25) is 0 Å². The summed E-state index contributed by atoms with van der Waals surface area (Å²) in [4.78, 5) is 0. The van der Waals surface area contributed by atoms with Crippen LogP contribution >= 0.6 is 15.9 Å². The Balaban J connectivity index is 1.61. The third-order valence-corrected chi connectivity index (χ3v) is 5.21. The van der Waals surface area contributed by atoms with Crippen LogP contribution in [0.1, 0.15) is 35.6 Å². The van der Waals surface area contributed by atoms with Gasteiger partial charge < -0.3 is 9.15 Å². The summed E-state index contributed by atoms with van der Waals surface area (Å²) >= 11 is 3.54. The van der Waals surface area contributed by atoms with E-state index >= 15 is 0 Å². The molecule has 2 aromatic carbocycles. The Bertz CT molecular complexity index is 986. The lowest BCUT2D eigenvalue weighted by atomic mass is 9.97. The minimum Gasteiger partial charge on any atom is -0.464 e. The summed E-state index contributed by atoms with van der Waals surface area (Å²) in [6, 6.07) is 16.1. The molecule has 3 aromatic rings. The zero-order valence-corrected chi connectivity index (χ0v) is 15.2. The number of benzene rings is 2. The Morgan fingerprint density at radius 2 is 1.96 bits per heavy atom. The van der Waals surface area contributed by atoms with E-state index in [0.29, 0.717) is 0 Å². The summed E-state index contributed by atoms with van der Waals surface area (Å²) in [5, 5.41) is 6.73. The van der Waals surface area contributed by atoms with Gasteiger partial charge >= 0.3 is 0 Å². The van der Waals surface area contributed by atoms with E-state index in [1.54, 1.807) is 18.4 Å². The average Bonchev–Trinajstić information content (AvgIpc) is 3.32. The highest BCUT2D eigenvalue weighted by atomic mass is 79.9. The normalized spacial score (nSPS) is 21.0. The lowest BCUT2D eigenvalue weighted by Gasteiger charge is -2.38. The number of ether oxygens (including phenoxy) is 1. The maximum Gasteiger partial charge on any atom is 0.213 e. The molecule has 26 heavy (non-hydrogen) atoms. The number of hydrogen-bond acceptors (Lipinski definition) is 4. The molecule has 0 saturated carbocycles. The van der Waals surface area contributed by atoms with Crippen LogP contribution in [0.5, 0.6) is 5.75 Å². The van der Waals surface area contributed by atoms with Crippen LogP contribution in [0.4, 0.5) is 4.39 Å². The molecule has 2 unspecified atom stereocenters. The van der Waals surface area contributed by atoms with Gasteiger partial charge in [0.05, 0.1) is 12.3 Å². The molecule has 4 nitrogen and oxygen atoms in total. The zero-order chi connectivity index (χ0) is 17.7. The van der Waals surface area contributed by atoms with Gasteiger partial charge in [0.2, 0.25) is 6.23 Å². The van der Waals surface area contributed by atoms with Crippen molar-refractivity contribution in [1.82, 2.24) is 5.01 Å². The highest BCUT2D eigenvalue weighted by molar-refractivity contribution is 9.10. The monoisotopic (exact) mass is 412 g/mol. The van der Waals surface area contributed by atoms with Crippen molar-refractivity contribution in [3.05, 3.63) is 88.0 Å². The van der Waals surface area contributed by atoms with Crippen LogP contribution in [0, 0.1) is 5.82 Å². The van der Waals surface area contributed by atoms with Crippen molar-refractivity contribution in [2.24, 2.45) is 5.10 Å². The number of hydrogen-bond donors (Lipinski definition) is 0. The van der Waals surface area contributed by atoms with Gasteiger partial charge in [0, 0.05) is 22.0 Å². The van der Waals surface area contributed by atoms with Gasteiger partial charge in [-0.25, -0.2) is 9.40 Å². The summed E-state index contributed by atoms with van der Waals surface area (Å²) < 4.78 is 26.1. The van der Waals surface area contributed by atoms with Crippen LogP contribution in [0.3, 0.4) is 0 Å². The molecule has 2 aliphatic rings. The Hall–Kier alpha value is -2.60. The summed E-state index contributed by atoms with van der Waals surface area (Å²) in [7, 11) is 0. The van der Waals surface area contributed by atoms with Crippen LogP contribution in [-0.4, -0.2) is 10.7 Å². The molecule has 6 heteroatoms. The third-order valence-electron chi connectivity index (χ3n) is 4.71. The van der Waals surface area contributed by atoms with E-state index < -0.39 is 6.23 Å². The second-order valence-corrected chi connectivity index (χ2v) is 7.24. The fraction of sp³-hybridized carbons (Fsp3) is 0.150. The molecule has 0 fully saturated rings. The van der Waals surface area contributed by atoms with Gasteiger partial charge in [0.1, 0.15) is 23.0 Å². The van der Waals surface area contributed by atoms with E-state index in [2.05, 4.69) is 22.0 Å². The highest BCUT2D eigenvalue weighted by Gasteiger charge is 2.41. The molecule has 2 atom stereocenters. The first-order valence-electron chi connectivity index (χ1n) is 8.30. The fourth-order valence-electron chi connectivity index (χ4n) is 3.50. The molecule has 0 spiro atoms. The minimum atomic E-state index is -0.415. The van der Waals surface area contributed by atoms with Crippen LogP contribution in [0.2, 0.25) is 0 Å². The van der Waals surface area contributed by atoms with Crippen molar-refractivity contribution in [1.29, 1.82) is 0 Å². The SMILES string of the molecule is Fc1ccc(C2Oc3ccc(Br)cc3C3CC(c4ccco4)=NN32)cc1. The van der Waals surface area contributed by atoms with Crippen molar-refractivity contribution in [3.8, 4) is 5.75 Å². The Morgan fingerprint density at radius 1 is 1.12 bits per heavy atom. The van der Waals surface area contributed by atoms with Crippen LogP contribution in [0.15, 0.2) is 74.9 Å². The molecule has 0 amide bonds. The van der Waals surface area contributed by atoms with Crippen molar-refractivity contribution < 1.29 is 13.5 Å². The third kappa shape index (κ3) is 2.52. The first kappa shape index (κ1) is 15.6. The Kier molecular flexibility index (Phi) is 3.60. The van der Waals surface area contributed by atoms with Crippen molar-refractivity contribution in [2.75, 3.05) is 0 Å². The molecule has 0 N–H and O–H groups in total. The standard InChI is InChI=1S/C20H14BrFN2O2/c21-13-5-8-18-15(10-13)17-11-16(19-2-1-9-25-19)23-24(17)20(26-18)12-3-6-14(22)7-4-12/h1-10,17,20H,11H2. The summed E-state index contributed by atoms with van der Waals surface area (Å²) in [5.41, 5.74) is 2.81. The van der Waals surface area contributed by atoms with Gasteiger partial charge in [-0.2, -0.15) is 5.10 Å². The molecule has 0 bridgehead atoms. The van der Waals surface area contributed by atoms with Crippen molar-refractivity contribution in [2.45, 2.75) is 18.7 Å². The van der Waals surface area contributed by atoms with E-state index in [-0.39, 0.29) is 11.9 Å². The van der Waals surface area contributed by atoms with E-state index in [4.69, 9.17) is 14.3 Å². The second-order valence-electron chi connectivity index (χ2n) is 6.33. The van der Waals surface area contributed by atoms with E-state index in [0.717, 1.165) is 39.2 Å². The smallest absolute Gasteiger partial charge is 0.213 e. The van der Waals surface area contributed by atoms with Crippen molar-refractivity contribution in [3.63, 3.8) is 0 Å². The summed E-state index contributed by atoms with van der Waals surface area (Å²) in [5.74, 6) is 1.31. The van der Waals surface area contributed by atoms with Gasteiger partial charge in [-0.05, 0) is 42.5 Å². The Morgan fingerprint density at radius 3 is 2.73 bits per heavy atom. The zero-order valence-electron chi connectivity index (χ0n) is 13.6. The molecular weight excluding hydrogens is 399 g/mol. The number of furan rings is 1. The molecule has 0 radical (unpaired) electrons. The molecule has 2 aliphatic heterocycles. The van der Waals surface area contributed by atoms with Gasteiger partial charge in [-0.1, -0.05) is 28.1 Å². The van der Waals surface area contributed by atoms with Gasteiger partial charge in [-0.15, -0.1) is 0 Å². The molecule has 1 aromatic heterocycles. The predicted molar refractivity (Wildman–Crippen MR) is 98.4 cm³/mol. The minimum absolute atomic E-state index is 0.0337. The molecule has 3 heterocycles. The van der Waals surface area contributed by atoms with E-state index in [1.165, 1.54) is 12.1 Å². The van der Waals surface area contributed by atoms with E-state index in [9.17, 15) is 4.39 Å². The highest BCUT2D eigenvalue weighted by Crippen LogP contribution is 2.48. The number of nitrogens with zero attached hydrogens (tertiary/aromatic N) is 2. The number of rotatable bonds is 2. The quantitative estimate of drug-likeness (QED) is 0.563. The first-order chi connectivity index (χ1) is 12.7. The lowest BCUT2D eigenvalue weighted by Crippen LogP contribution is -2.33. The molecule has 5 rings (SSSR count). The molecular formula is C20H14BrFN2O2. The van der Waals surface area contributed by atoms with E-state index in [1.807, 2.05) is 29.3 Å². The van der Waals surface area contributed by atoms with Crippen LogP contribution < -0.4 is 4.74 Å². The number of halogens is 2. The van der Waals surface area contributed by atoms with Gasteiger partial charge in [0.25, 0.3) is 0 Å². The topological polar surface area (TPSA) is 38.0 Å². The summed E-state index contributed by atoms with van der Waals surface area (Å²) in [6.07, 6.45) is 1.95. The fourth-order valence-corrected chi connectivity index (χ4v) is 3.88. The maximum absolute atomic E-state index is 13.4. The second kappa shape index (κ2) is 5.99. The lowest BCUT2D eigenvalue weighted by molar-refractivity contribution is -0.0191. The number of fused-ring (bicyclic) bond motifs is 3. The van der Waals surface area contributed by atoms with Crippen LogP contribution in [0.25, 0.3) is 0 Å². The maximum atomic E-state index is 13.4.